The molecule has 0 bridgehead atoms. The lowest BCUT2D eigenvalue weighted by molar-refractivity contribution is -0.222. The van der Waals surface area contributed by atoms with E-state index >= 15 is 0 Å². The number of rotatable bonds is 6. The Balaban J connectivity index is 4.24. The number of esters is 1. The van der Waals surface area contributed by atoms with E-state index in [0.717, 1.165) is 6.42 Å². The molecule has 0 fully saturated rings. The minimum Gasteiger partial charge on any atom is -0.427 e. The van der Waals surface area contributed by atoms with E-state index in [9.17, 15) is 9.90 Å². The normalized spacial score (nSPS) is 14.6. The van der Waals surface area contributed by atoms with Crippen LogP contribution in [0.5, 0.6) is 0 Å². The Morgan fingerprint density at radius 3 is 2.50 bits per heavy atom. The highest BCUT2D eigenvalue weighted by molar-refractivity contribution is 5.87. The predicted octanol–water partition coefficient (Wildman–Crippen LogP) is 0.977. The fraction of sp³-hybridized carbons (Fsp3) is 0.700. The molecule has 0 aliphatic carbocycles. The summed E-state index contributed by atoms with van der Waals surface area (Å²) in [4.78, 5) is 11.1. The van der Waals surface area contributed by atoms with E-state index in [-0.39, 0.29) is 12.0 Å². The number of carbonyl (C=O) groups excluding carboxylic acids is 1. The van der Waals surface area contributed by atoms with Crippen molar-refractivity contribution < 1.29 is 19.7 Å². The van der Waals surface area contributed by atoms with Crippen molar-refractivity contribution in [2.24, 2.45) is 0 Å². The first-order valence-corrected chi connectivity index (χ1v) is 4.67. The summed E-state index contributed by atoms with van der Waals surface area (Å²) in [6.45, 7) is 6.22. The summed E-state index contributed by atoms with van der Waals surface area (Å²) in [5.74, 6) is -2.44. The van der Waals surface area contributed by atoms with Gasteiger partial charge in [-0.3, -0.25) is 0 Å². The highest BCUT2D eigenvalue weighted by atomic mass is 16.7. The molecule has 14 heavy (non-hydrogen) atoms. The third-order valence-electron chi connectivity index (χ3n) is 1.80. The molecule has 0 saturated carbocycles. The molecule has 0 saturated heterocycles. The second-order valence-electron chi connectivity index (χ2n) is 3.38. The highest BCUT2D eigenvalue weighted by Gasteiger charge is 2.30. The number of carbonyl (C=O) groups is 1. The van der Waals surface area contributed by atoms with Crippen LogP contribution in [0.15, 0.2) is 12.2 Å². The fourth-order valence-corrected chi connectivity index (χ4v) is 0.875. The lowest BCUT2D eigenvalue weighted by atomic mass is 10.1. The lowest BCUT2D eigenvalue weighted by Gasteiger charge is -2.25. The number of ether oxygens (including phenoxy) is 1. The third-order valence-corrected chi connectivity index (χ3v) is 1.80. The van der Waals surface area contributed by atoms with E-state index in [1.54, 1.807) is 0 Å². The maximum Gasteiger partial charge on any atom is 0.335 e. The number of hydrogen-bond donors (Lipinski definition) is 2. The van der Waals surface area contributed by atoms with Crippen LogP contribution in [0, 0.1) is 0 Å². The topological polar surface area (TPSA) is 66.8 Å². The molecule has 0 spiro atoms. The number of aliphatic hydroxyl groups excluding tert-OH is 1. The average molecular weight is 202 g/mol. The highest BCUT2D eigenvalue weighted by Crippen LogP contribution is 2.16. The first kappa shape index (κ1) is 13.1. The second-order valence-corrected chi connectivity index (χ2v) is 3.38. The number of unbranched alkanes of at least 4 members (excludes halogenated alkanes) is 1. The lowest BCUT2D eigenvalue weighted by Crippen LogP contribution is -2.39. The van der Waals surface area contributed by atoms with Gasteiger partial charge in [-0.05, 0) is 13.3 Å². The van der Waals surface area contributed by atoms with Crippen molar-refractivity contribution in [1.82, 2.24) is 0 Å². The Bertz CT molecular complexity index is 212. The van der Waals surface area contributed by atoms with Crippen molar-refractivity contribution in [1.29, 1.82) is 0 Å². The molecule has 0 radical (unpaired) electrons. The quantitative estimate of drug-likeness (QED) is 0.383. The Morgan fingerprint density at radius 2 is 2.14 bits per heavy atom. The van der Waals surface area contributed by atoms with Crippen molar-refractivity contribution in [2.75, 3.05) is 6.61 Å². The van der Waals surface area contributed by atoms with E-state index in [4.69, 9.17) is 9.84 Å². The molecule has 0 amide bonds. The summed E-state index contributed by atoms with van der Waals surface area (Å²) in [7, 11) is 0. The van der Waals surface area contributed by atoms with E-state index in [2.05, 4.69) is 6.58 Å². The molecular weight excluding hydrogens is 184 g/mol. The Hall–Kier alpha value is -0.870. The molecular formula is C10H18O4. The number of hydrogen-bond acceptors (Lipinski definition) is 4. The van der Waals surface area contributed by atoms with Gasteiger partial charge in [-0.25, -0.2) is 4.79 Å². The predicted molar refractivity (Wildman–Crippen MR) is 52.5 cm³/mol. The molecule has 2 N–H and O–H groups in total. The molecule has 1 atom stereocenters. The first-order valence-electron chi connectivity index (χ1n) is 4.67. The van der Waals surface area contributed by atoms with Crippen LogP contribution < -0.4 is 0 Å². The van der Waals surface area contributed by atoms with Crippen LogP contribution in [0.3, 0.4) is 0 Å². The van der Waals surface area contributed by atoms with E-state index < -0.39 is 18.4 Å². The van der Waals surface area contributed by atoms with Crippen molar-refractivity contribution in [3.8, 4) is 0 Å². The van der Waals surface area contributed by atoms with E-state index in [0.29, 0.717) is 6.42 Å². The van der Waals surface area contributed by atoms with E-state index in [1.807, 2.05) is 6.92 Å². The van der Waals surface area contributed by atoms with Gasteiger partial charge < -0.3 is 14.9 Å². The van der Waals surface area contributed by atoms with Crippen LogP contribution in [0.25, 0.3) is 0 Å². The van der Waals surface area contributed by atoms with Crippen LogP contribution in [0.1, 0.15) is 33.1 Å². The van der Waals surface area contributed by atoms with Gasteiger partial charge in [-0.15, -0.1) is 0 Å². The van der Waals surface area contributed by atoms with E-state index in [1.165, 1.54) is 6.92 Å². The third kappa shape index (κ3) is 4.39. The maximum absolute atomic E-state index is 11.1. The first-order chi connectivity index (χ1) is 6.45. The second kappa shape index (κ2) is 5.78. The van der Waals surface area contributed by atoms with Gasteiger partial charge in [0.05, 0.1) is 0 Å². The van der Waals surface area contributed by atoms with Gasteiger partial charge in [-0.1, -0.05) is 19.9 Å². The minimum absolute atomic E-state index is 0.202. The average Bonchev–Trinajstić information content (AvgIpc) is 2.14. The van der Waals surface area contributed by atoms with Crippen molar-refractivity contribution in [2.45, 2.75) is 38.9 Å². The van der Waals surface area contributed by atoms with Gasteiger partial charge in [-0.2, -0.15) is 0 Å². The summed E-state index contributed by atoms with van der Waals surface area (Å²) in [6.07, 6.45) is 1.77. The van der Waals surface area contributed by atoms with Crippen LogP contribution in [0.4, 0.5) is 0 Å². The van der Waals surface area contributed by atoms with Gasteiger partial charge in [0.2, 0.25) is 5.79 Å². The summed E-state index contributed by atoms with van der Waals surface area (Å²) in [5, 5.41) is 18.5. The summed E-state index contributed by atoms with van der Waals surface area (Å²) in [5.41, 5.74) is 0.202. The molecule has 4 heteroatoms. The molecule has 82 valence electrons. The van der Waals surface area contributed by atoms with Gasteiger partial charge in [0, 0.05) is 12.0 Å². The monoisotopic (exact) mass is 202 g/mol. The molecule has 1 unspecified atom stereocenters. The zero-order chi connectivity index (χ0) is 11.2. The van der Waals surface area contributed by atoms with Gasteiger partial charge >= 0.3 is 5.97 Å². The Kier molecular flexibility index (Phi) is 5.42. The van der Waals surface area contributed by atoms with Crippen LogP contribution in [-0.2, 0) is 9.53 Å². The summed E-state index contributed by atoms with van der Waals surface area (Å²) >= 11 is 0. The Morgan fingerprint density at radius 1 is 1.57 bits per heavy atom. The zero-order valence-corrected chi connectivity index (χ0v) is 8.75. The minimum atomic E-state index is -1.76. The summed E-state index contributed by atoms with van der Waals surface area (Å²) < 4.78 is 4.72. The van der Waals surface area contributed by atoms with Crippen LogP contribution >= 0.6 is 0 Å². The maximum atomic E-state index is 11.1. The van der Waals surface area contributed by atoms with Crippen LogP contribution in [-0.4, -0.2) is 28.6 Å². The van der Waals surface area contributed by atoms with Crippen molar-refractivity contribution in [3.05, 3.63) is 12.2 Å². The molecule has 0 heterocycles. The fourth-order valence-electron chi connectivity index (χ4n) is 0.875. The zero-order valence-electron chi connectivity index (χ0n) is 8.75. The molecule has 0 aromatic rings. The molecule has 0 aliphatic rings. The molecule has 4 nitrogen and oxygen atoms in total. The Labute approximate surface area is 84.2 Å². The van der Waals surface area contributed by atoms with Gasteiger partial charge in [0.1, 0.15) is 6.61 Å². The van der Waals surface area contributed by atoms with Crippen molar-refractivity contribution in [3.63, 3.8) is 0 Å². The van der Waals surface area contributed by atoms with Crippen molar-refractivity contribution >= 4 is 5.97 Å². The molecule has 0 aromatic carbocycles. The summed E-state index contributed by atoms with van der Waals surface area (Å²) in [6, 6.07) is 0. The SMILES string of the molecule is C=C(C)C(=O)OC(O)(CO)CCCC. The molecule has 0 rings (SSSR count). The van der Waals surface area contributed by atoms with Gasteiger partial charge in [0.15, 0.2) is 0 Å². The standard InChI is InChI=1S/C10H18O4/c1-4-5-6-10(13,7-11)14-9(12)8(2)3/h11,13H,2,4-7H2,1,3H3. The van der Waals surface area contributed by atoms with Gasteiger partial charge in [0.25, 0.3) is 0 Å². The smallest absolute Gasteiger partial charge is 0.335 e. The van der Waals surface area contributed by atoms with Crippen LogP contribution in [0.2, 0.25) is 0 Å². The molecule has 0 aromatic heterocycles. The molecule has 0 aliphatic heterocycles. The number of aliphatic hydroxyl groups is 2. The largest absolute Gasteiger partial charge is 0.427 e.